The van der Waals surface area contributed by atoms with Crippen molar-refractivity contribution in [2.45, 2.75) is 123 Å². The number of amides is 8. The second-order valence-corrected chi connectivity index (χ2v) is 18.0. The molecule has 2 saturated heterocycles. The van der Waals surface area contributed by atoms with Crippen LogP contribution in [-0.4, -0.2) is 128 Å². The van der Waals surface area contributed by atoms with Gasteiger partial charge in [-0.3, -0.25) is 53.3 Å². The number of unbranched alkanes of at least 4 members (excludes halogenated alkanes) is 3. The normalized spacial score (nSPS) is 19.9. The van der Waals surface area contributed by atoms with E-state index in [-0.39, 0.29) is 98.5 Å². The van der Waals surface area contributed by atoms with Gasteiger partial charge in [0.1, 0.15) is 24.7 Å². The molecule has 66 heavy (non-hydrogen) atoms. The van der Waals surface area contributed by atoms with Crippen LogP contribution in [0, 0.1) is 29.6 Å². The first kappa shape index (κ1) is 53.0. The van der Waals surface area contributed by atoms with E-state index in [2.05, 4.69) is 37.2 Å². The second-order valence-electron chi connectivity index (χ2n) is 18.0. The van der Waals surface area contributed by atoms with Crippen LogP contribution in [0.4, 0.5) is 5.69 Å². The van der Waals surface area contributed by atoms with Crippen molar-refractivity contribution in [3.63, 3.8) is 0 Å². The van der Waals surface area contributed by atoms with Crippen LogP contribution in [0.2, 0.25) is 0 Å². The second kappa shape index (κ2) is 25.9. The van der Waals surface area contributed by atoms with Gasteiger partial charge in [-0.1, -0.05) is 52.7 Å². The lowest BCUT2D eigenvalue weighted by atomic mass is 9.82. The number of carbonyl (C=O) groups is 10. The van der Waals surface area contributed by atoms with Gasteiger partial charge in [-0.05, 0) is 63.4 Å². The zero-order valence-corrected chi connectivity index (χ0v) is 38.6. The van der Waals surface area contributed by atoms with Gasteiger partial charge in [0.2, 0.25) is 47.3 Å². The summed E-state index contributed by atoms with van der Waals surface area (Å²) in [6.07, 6.45) is 4.26. The lowest BCUT2D eigenvalue weighted by Gasteiger charge is -2.28. The smallest absolute Gasteiger partial charge is 0.250 e. The SMILES string of the molecule is CC(C)C[C@H](NC(=O)[C@@H](NC(=O)[C@H](C)NC(=O)CCCCCCOCCOCC(=O)Nc1cccc2c1C(=O)C(C1CCC(=O)NC1=O)C2=O)C(C)C)C(=O)N[C@H](CO)C[C@@H]1CCNC1=O. The van der Waals surface area contributed by atoms with E-state index in [1.165, 1.54) is 25.1 Å². The average Bonchev–Trinajstić information content (AvgIpc) is 3.78. The quantitative estimate of drug-likeness (QED) is 0.0345. The Morgan fingerprint density at radius 1 is 0.773 bits per heavy atom. The molecule has 1 aromatic rings. The molecule has 0 saturated carbocycles. The number of fused-ring (bicyclic) bond motifs is 1. The lowest BCUT2D eigenvalue weighted by molar-refractivity contribution is -0.137. The standard InChI is InChI=1S/C46H67N7O13/c1-25(2)21-33(45(63)49-29(23-54)22-28-16-17-47-43(28)61)51-46(64)39(26(3)4)53-42(60)27(5)48-34(55)13-8-6-7-9-18-65-19-20-66-24-36(57)50-32-12-10-11-30-37(32)41(59)38(40(30)58)31-14-15-35(56)52-44(31)62/h10-12,25-29,31,33,38-39,54H,6-9,13-24H2,1-5H3,(H,47,61)(H,48,55)(H,49,63)(H,50,57)(H,51,64)(H,53,60)(H,52,56,62)/t27-,28-,29-,31?,33-,38?,39-/m0/s1. The molecule has 1 aliphatic carbocycles. The highest BCUT2D eigenvalue weighted by Gasteiger charge is 2.48. The molecule has 0 radical (unpaired) electrons. The summed E-state index contributed by atoms with van der Waals surface area (Å²) < 4.78 is 11.0. The van der Waals surface area contributed by atoms with Crippen molar-refractivity contribution in [1.29, 1.82) is 0 Å². The fourth-order valence-corrected chi connectivity index (χ4v) is 8.23. The molecule has 8 N–H and O–H groups in total. The fraction of sp³-hybridized carbons (Fsp3) is 0.652. The molecule has 8 amide bonds. The Morgan fingerprint density at radius 2 is 1.50 bits per heavy atom. The molecule has 2 unspecified atom stereocenters. The molecule has 3 aliphatic rings. The summed E-state index contributed by atoms with van der Waals surface area (Å²) in [5, 5.41) is 28.4. The highest BCUT2D eigenvalue weighted by Crippen LogP contribution is 2.38. The third-order valence-electron chi connectivity index (χ3n) is 11.8. The van der Waals surface area contributed by atoms with E-state index in [9.17, 15) is 53.1 Å². The molecule has 0 aromatic heterocycles. The number of ketones is 2. The Balaban J connectivity index is 1.07. The van der Waals surface area contributed by atoms with Gasteiger partial charge >= 0.3 is 0 Å². The summed E-state index contributed by atoms with van der Waals surface area (Å²) in [6.45, 7) is 9.42. The number of carbonyl (C=O) groups excluding carboxylic acids is 10. The van der Waals surface area contributed by atoms with Crippen LogP contribution in [-0.2, 0) is 47.8 Å². The van der Waals surface area contributed by atoms with Gasteiger partial charge in [-0.2, -0.15) is 0 Å². The van der Waals surface area contributed by atoms with Crippen LogP contribution in [0.25, 0.3) is 0 Å². The van der Waals surface area contributed by atoms with Gasteiger partial charge in [-0.25, -0.2) is 0 Å². The van der Waals surface area contributed by atoms with Crippen molar-refractivity contribution in [3.8, 4) is 0 Å². The Kier molecular flexibility index (Phi) is 20.8. The molecular weight excluding hydrogens is 859 g/mol. The van der Waals surface area contributed by atoms with Crippen LogP contribution in [0.3, 0.4) is 0 Å². The minimum atomic E-state index is -1.25. The summed E-state index contributed by atoms with van der Waals surface area (Å²) in [5.74, 6) is -7.70. The van der Waals surface area contributed by atoms with Crippen LogP contribution >= 0.6 is 0 Å². The van der Waals surface area contributed by atoms with Gasteiger partial charge in [0, 0.05) is 37.5 Å². The number of aliphatic hydroxyl groups is 1. The first-order valence-corrected chi connectivity index (χ1v) is 23.0. The number of aliphatic hydroxyl groups excluding tert-OH is 1. The van der Waals surface area contributed by atoms with E-state index < -0.39 is 83.0 Å². The number of piperidine rings is 1. The van der Waals surface area contributed by atoms with Crippen molar-refractivity contribution < 1.29 is 62.5 Å². The predicted molar refractivity (Wildman–Crippen MR) is 238 cm³/mol. The molecule has 1 aromatic carbocycles. The third-order valence-corrected chi connectivity index (χ3v) is 11.8. The van der Waals surface area contributed by atoms with Crippen LogP contribution in [0.15, 0.2) is 18.2 Å². The van der Waals surface area contributed by atoms with Crippen LogP contribution in [0.1, 0.15) is 120 Å². The number of hydrogen-bond donors (Lipinski definition) is 8. The van der Waals surface area contributed by atoms with Gasteiger partial charge in [0.05, 0.1) is 48.9 Å². The number of Topliss-reactive ketones (excluding diaryl/α,β-unsaturated/α-hetero) is 2. The number of anilines is 1. The predicted octanol–water partition coefficient (Wildman–Crippen LogP) is 0.837. The summed E-state index contributed by atoms with van der Waals surface area (Å²) in [6, 6.07) is 0.926. The van der Waals surface area contributed by atoms with Gasteiger partial charge in [-0.15, -0.1) is 0 Å². The molecule has 7 atom stereocenters. The first-order valence-electron chi connectivity index (χ1n) is 23.0. The van der Waals surface area contributed by atoms with Crippen molar-refractivity contribution >= 4 is 64.5 Å². The number of rotatable bonds is 27. The Morgan fingerprint density at radius 3 is 2.17 bits per heavy atom. The summed E-state index contributed by atoms with van der Waals surface area (Å²) >= 11 is 0. The van der Waals surface area contributed by atoms with Crippen molar-refractivity contribution in [3.05, 3.63) is 29.3 Å². The third kappa shape index (κ3) is 15.5. The molecule has 0 spiro atoms. The van der Waals surface area contributed by atoms with Crippen molar-refractivity contribution in [1.82, 2.24) is 31.9 Å². The van der Waals surface area contributed by atoms with Crippen molar-refractivity contribution in [2.24, 2.45) is 29.6 Å². The van der Waals surface area contributed by atoms with Gasteiger partial charge in [0.15, 0.2) is 11.6 Å². The van der Waals surface area contributed by atoms with E-state index in [1.54, 1.807) is 13.8 Å². The Labute approximate surface area is 384 Å². The molecule has 2 fully saturated rings. The number of ether oxygens (including phenoxy) is 2. The summed E-state index contributed by atoms with van der Waals surface area (Å²) in [4.78, 5) is 128. The number of hydrogen-bond acceptors (Lipinski definition) is 13. The van der Waals surface area contributed by atoms with Crippen LogP contribution < -0.4 is 37.2 Å². The van der Waals surface area contributed by atoms with E-state index in [0.29, 0.717) is 38.8 Å². The van der Waals surface area contributed by atoms with E-state index in [4.69, 9.17) is 9.47 Å². The molecule has 0 bridgehead atoms. The maximum absolute atomic E-state index is 13.5. The van der Waals surface area contributed by atoms with E-state index in [1.807, 2.05) is 13.8 Å². The molecule has 2 heterocycles. The van der Waals surface area contributed by atoms with Gasteiger partial charge < -0.3 is 46.5 Å². The first-order chi connectivity index (χ1) is 31.4. The molecule has 364 valence electrons. The molecule has 2 aliphatic heterocycles. The topological polar surface area (TPSA) is 294 Å². The summed E-state index contributed by atoms with van der Waals surface area (Å²) in [7, 11) is 0. The highest BCUT2D eigenvalue weighted by molar-refractivity contribution is 6.30. The maximum Gasteiger partial charge on any atom is 0.250 e. The van der Waals surface area contributed by atoms with Crippen molar-refractivity contribution in [2.75, 3.05) is 44.9 Å². The summed E-state index contributed by atoms with van der Waals surface area (Å²) in [5.41, 5.74) is 0.284. The number of imide groups is 1. The number of benzene rings is 1. The Bertz CT molecular complexity index is 1960. The molecule has 20 heteroatoms. The zero-order valence-electron chi connectivity index (χ0n) is 38.6. The number of nitrogens with one attached hydrogen (secondary N) is 7. The lowest BCUT2D eigenvalue weighted by Crippen LogP contribution is -2.58. The minimum absolute atomic E-state index is 0.0216. The Hall–Kier alpha value is -5.60. The molecule has 20 nitrogen and oxygen atoms in total. The van der Waals surface area contributed by atoms with E-state index >= 15 is 0 Å². The van der Waals surface area contributed by atoms with Crippen LogP contribution in [0.5, 0.6) is 0 Å². The fourth-order valence-electron chi connectivity index (χ4n) is 8.23. The zero-order chi connectivity index (χ0) is 48.5. The molecule has 4 rings (SSSR count). The average molecular weight is 926 g/mol. The minimum Gasteiger partial charge on any atom is -0.394 e. The monoisotopic (exact) mass is 925 g/mol. The highest BCUT2D eigenvalue weighted by atomic mass is 16.5. The maximum atomic E-state index is 13.5. The van der Waals surface area contributed by atoms with E-state index in [0.717, 1.165) is 12.8 Å². The molecular formula is C46H67N7O13. The largest absolute Gasteiger partial charge is 0.394 e. The van der Waals surface area contributed by atoms with Gasteiger partial charge in [0.25, 0.3) is 0 Å².